The Kier molecular flexibility index (Phi) is 6.21. The van der Waals surface area contributed by atoms with Gasteiger partial charge in [-0.05, 0) is 42.8 Å². The topological polar surface area (TPSA) is 24.1 Å². The Morgan fingerprint density at radius 1 is 1.10 bits per heavy atom. The molecule has 0 radical (unpaired) electrons. The molecule has 0 amide bonds. The first-order chi connectivity index (χ1) is 10.2. The normalized spacial score (nSPS) is 11.7. The van der Waals surface area contributed by atoms with Crippen molar-refractivity contribution in [3.8, 4) is 0 Å². The van der Waals surface area contributed by atoms with Crippen LogP contribution in [0.4, 0.5) is 0 Å². The summed E-state index contributed by atoms with van der Waals surface area (Å²) in [6.45, 7) is 2.93. The molecule has 2 N–H and O–H groups in total. The molecule has 0 aliphatic carbocycles. The van der Waals surface area contributed by atoms with Gasteiger partial charge in [-0.3, -0.25) is 0 Å². The van der Waals surface area contributed by atoms with Gasteiger partial charge in [-0.25, -0.2) is 0 Å². The van der Waals surface area contributed by atoms with Crippen LogP contribution in [0, 0.1) is 0 Å². The van der Waals surface area contributed by atoms with Gasteiger partial charge in [0.15, 0.2) is 5.11 Å². The van der Waals surface area contributed by atoms with E-state index >= 15 is 0 Å². The summed E-state index contributed by atoms with van der Waals surface area (Å²) < 4.78 is 1.09. The molecule has 0 saturated carbocycles. The van der Waals surface area contributed by atoms with E-state index in [-0.39, 0.29) is 6.04 Å². The van der Waals surface area contributed by atoms with Crippen LogP contribution in [0.15, 0.2) is 59.1 Å². The zero-order valence-electron chi connectivity index (χ0n) is 12.0. The van der Waals surface area contributed by atoms with Gasteiger partial charge in [0, 0.05) is 11.0 Å². The number of halogens is 1. The summed E-state index contributed by atoms with van der Waals surface area (Å²) >= 11 is 8.92. The van der Waals surface area contributed by atoms with Crippen molar-refractivity contribution in [1.82, 2.24) is 10.6 Å². The van der Waals surface area contributed by atoms with Crippen molar-refractivity contribution in [3.05, 3.63) is 70.2 Å². The Hall–Kier alpha value is -1.39. The molecule has 0 unspecified atom stereocenters. The Balaban J connectivity index is 1.78. The molecule has 2 aromatic carbocycles. The maximum Gasteiger partial charge on any atom is 0.166 e. The summed E-state index contributed by atoms with van der Waals surface area (Å²) in [5, 5.41) is 7.26. The molecule has 0 aromatic heterocycles. The van der Waals surface area contributed by atoms with Crippen LogP contribution in [-0.4, -0.2) is 11.7 Å². The highest BCUT2D eigenvalue weighted by atomic mass is 79.9. The molecule has 0 fully saturated rings. The van der Waals surface area contributed by atoms with Gasteiger partial charge in [0.2, 0.25) is 0 Å². The van der Waals surface area contributed by atoms with E-state index in [1.807, 2.05) is 24.3 Å². The van der Waals surface area contributed by atoms with Gasteiger partial charge in [-0.15, -0.1) is 0 Å². The standard InChI is InChI=1S/C17H19BrN2S/c1-13(15-9-5-6-10-16(15)18)20-17(21)19-12-11-14-7-3-2-4-8-14/h2-10,13H,11-12H2,1H3,(H2,19,20,21)/t13-/m1/s1. The molecule has 0 aliphatic rings. The van der Waals surface area contributed by atoms with Crippen molar-refractivity contribution in [2.24, 2.45) is 0 Å². The summed E-state index contributed by atoms with van der Waals surface area (Å²) in [5.41, 5.74) is 2.51. The summed E-state index contributed by atoms with van der Waals surface area (Å²) in [6.07, 6.45) is 0.964. The van der Waals surface area contributed by atoms with Gasteiger partial charge in [0.1, 0.15) is 0 Å². The molecule has 2 nitrogen and oxygen atoms in total. The molecule has 0 saturated heterocycles. The highest BCUT2D eigenvalue weighted by molar-refractivity contribution is 9.10. The molecule has 0 bridgehead atoms. The van der Waals surface area contributed by atoms with Gasteiger partial charge in [-0.2, -0.15) is 0 Å². The van der Waals surface area contributed by atoms with Crippen LogP contribution in [0.2, 0.25) is 0 Å². The Morgan fingerprint density at radius 2 is 1.76 bits per heavy atom. The van der Waals surface area contributed by atoms with Crippen LogP contribution in [0.5, 0.6) is 0 Å². The molecule has 1 atom stereocenters. The third kappa shape index (κ3) is 5.14. The second kappa shape index (κ2) is 8.15. The largest absolute Gasteiger partial charge is 0.362 e. The lowest BCUT2D eigenvalue weighted by Gasteiger charge is -2.18. The molecule has 21 heavy (non-hydrogen) atoms. The third-order valence-electron chi connectivity index (χ3n) is 3.26. The maximum absolute atomic E-state index is 5.35. The van der Waals surface area contributed by atoms with Crippen LogP contribution in [0.1, 0.15) is 24.1 Å². The highest BCUT2D eigenvalue weighted by Crippen LogP contribution is 2.22. The Bertz CT molecular complexity index is 586. The minimum absolute atomic E-state index is 0.164. The number of thiocarbonyl (C=S) groups is 1. The van der Waals surface area contributed by atoms with Crippen LogP contribution in [-0.2, 0) is 6.42 Å². The highest BCUT2D eigenvalue weighted by Gasteiger charge is 2.09. The molecule has 0 heterocycles. The minimum atomic E-state index is 0.164. The maximum atomic E-state index is 5.35. The number of nitrogens with one attached hydrogen (secondary N) is 2. The monoisotopic (exact) mass is 362 g/mol. The Labute approximate surface area is 140 Å². The number of rotatable bonds is 5. The fourth-order valence-electron chi connectivity index (χ4n) is 2.12. The predicted molar refractivity (Wildman–Crippen MR) is 96.4 cm³/mol. The van der Waals surface area contributed by atoms with E-state index in [1.54, 1.807) is 0 Å². The van der Waals surface area contributed by atoms with E-state index in [2.05, 4.69) is 63.8 Å². The average Bonchev–Trinajstić information content (AvgIpc) is 2.48. The lowest BCUT2D eigenvalue weighted by atomic mass is 10.1. The summed E-state index contributed by atoms with van der Waals surface area (Å²) in [4.78, 5) is 0. The van der Waals surface area contributed by atoms with E-state index < -0.39 is 0 Å². The Morgan fingerprint density at radius 3 is 2.48 bits per heavy atom. The average molecular weight is 363 g/mol. The van der Waals surface area contributed by atoms with Crippen molar-refractivity contribution in [1.29, 1.82) is 0 Å². The van der Waals surface area contributed by atoms with Crippen molar-refractivity contribution in [3.63, 3.8) is 0 Å². The van der Waals surface area contributed by atoms with Crippen molar-refractivity contribution >= 4 is 33.3 Å². The first-order valence-electron chi connectivity index (χ1n) is 6.99. The molecule has 2 aromatic rings. The zero-order chi connectivity index (χ0) is 15.1. The SMILES string of the molecule is C[C@@H](NC(=S)NCCc1ccccc1)c1ccccc1Br. The van der Waals surface area contributed by atoms with Gasteiger partial charge in [0.05, 0.1) is 6.04 Å². The smallest absolute Gasteiger partial charge is 0.166 e. The van der Waals surface area contributed by atoms with Crippen LogP contribution in [0.25, 0.3) is 0 Å². The van der Waals surface area contributed by atoms with Gasteiger partial charge >= 0.3 is 0 Å². The van der Waals surface area contributed by atoms with Crippen molar-refractivity contribution < 1.29 is 0 Å². The predicted octanol–water partition coefficient (Wildman–Crippen LogP) is 4.22. The van der Waals surface area contributed by atoms with Gasteiger partial charge in [0.25, 0.3) is 0 Å². The zero-order valence-corrected chi connectivity index (χ0v) is 14.4. The second-order valence-electron chi connectivity index (χ2n) is 4.88. The molecule has 0 aliphatic heterocycles. The summed E-state index contributed by atoms with van der Waals surface area (Å²) in [6, 6.07) is 18.7. The number of hydrogen-bond donors (Lipinski definition) is 2. The third-order valence-corrected chi connectivity index (χ3v) is 4.25. The fourth-order valence-corrected chi connectivity index (χ4v) is 3.02. The quantitative estimate of drug-likeness (QED) is 0.778. The molecular formula is C17H19BrN2S. The number of hydrogen-bond acceptors (Lipinski definition) is 1. The van der Waals surface area contributed by atoms with Crippen LogP contribution in [0.3, 0.4) is 0 Å². The minimum Gasteiger partial charge on any atom is -0.362 e. The van der Waals surface area contributed by atoms with E-state index in [1.165, 1.54) is 11.1 Å². The molecular weight excluding hydrogens is 344 g/mol. The first kappa shape index (κ1) is 16.0. The lowest BCUT2D eigenvalue weighted by molar-refractivity contribution is 0.694. The lowest BCUT2D eigenvalue weighted by Crippen LogP contribution is -2.37. The van der Waals surface area contributed by atoms with Crippen molar-refractivity contribution in [2.45, 2.75) is 19.4 Å². The van der Waals surface area contributed by atoms with E-state index in [4.69, 9.17) is 12.2 Å². The van der Waals surface area contributed by atoms with Crippen LogP contribution < -0.4 is 10.6 Å². The van der Waals surface area contributed by atoms with Gasteiger partial charge < -0.3 is 10.6 Å². The van der Waals surface area contributed by atoms with E-state index in [0.717, 1.165) is 17.4 Å². The van der Waals surface area contributed by atoms with Crippen molar-refractivity contribution in [2.75, 3.05) is 6.54 Å². The number of benzene rings is 2. The second-order valence-corrected chi connectivity index (χ2v) is 6.14. The molecule has 2 rings (SSSR count). The van der Waals surface area contributed by atoms with E-state index in [0.29, 0.717) is 5.11 Å². The molecule has 110 valence electrons. The van der Waals surface area contributed by atoms with Crippen LogP contribution >= 0.6 is 28.1 Å². The summed E-state index contributed by atoms with van der Waals surface area (Å²) in [5.74, 6) is 0. The summed E-state index contributed by atoms with van der Waals surface area (Å²) in [7, 11) is 0. The first-order valence-corrected chi connectivity index (χ1v) is 8.19. The molecule has 0 spiro atoms. The van der Waals surface area contributed by atoms with Gasteiger partial charge in [-0.1, -0.05) is 64.5 Å². The fraction of sp³-hybridized carbons (Fsp3) is 0.235. The van der Waals surface area contributed by atoms with E-state index in [9.17, 15) is 0 Å². The molecule has 4 heteroatoms.